The Bertz CT molecular complexity index is 640. The first-order valence-electron chi connectivity index (χ1n) is 6.62. The van der Waals surface area contributed by atoms with Gasteiger partial charge in [-0.1, -0.05) is 24.3 Å². The number of rotatable bonds is 2. The molecule has 0 aliphatic carbocycles. The van der Waals surface area contributed by atoms with Crippen molar-refractivity contribution in [1.82, 2.24) is 0 Å². The van der Waals surface area contributed by atoms with E-state index in [1.54, 1.807) is 0 Å². The molecule has 0 saturated carbocycles. The van der Waals surface area contributed by atoms with E-state index in [1.807, 2.05) is 18.2 Å². The molecule has 1 N–H and O–H groups in total. The maximum atomic E-state index is 13.7. The van der Waals surface area contributed by atoms with Gasteiger partial charge in [-0.05, 0) is 42.5 Å². The third-order valence-electron chi connectivity index (χ3n) is 3.72. The van der Waals surface area contributed by atoms with E-state index >= 15 is 0 Å². The highest BCUT2D eigenvalue weighted by molar-refractivity contribution is 5.54. The zero-order valence-corrected chi connectivity index (χ0v) is 10.8. The quantitative estimate of drug-likeness (QED) is 0.816. The van der Waals surface area contributed by atoms with Crippen molar-refractivity contribution in [2.75, 3.05) is 5.32 Å². The molecule has 104 valence electrons. The summed E-state index contributed by atoms with van der Waals surface area (Å²) in [7, 11) is 0. The summed E-state index contributed by atoms with van der Waals surface area (Å²) in [6.07, 6.45) is 2.09. The molecular weight excluding hydrogens is 263 g/mol. The highest BCUT2D eigenvalue weighted by atomic mass is 19.2. The predicted octanol–water partition coefficient (Wildman–Crippen LogP) is 4.07. The summed E-state index contributed by atoms with van der Waals surface area (Å²) in [5.74, 6) is -3.61. The van der Waals surface area contributed by atoms with Crippen molar-refractivity contribution in [1.29, 1.82) is 0 Å². The van der Waals surface area contributed by atoms with Crippen molar-refractivity contribution < 1.29 is 13.2 Å². The van der Waals surface area contributed by atoms with E-state index in [0.29, 0.717) is 6.42 Å². The van der Waals surface area contributed by atoms with E-state index in [9.17, 15) is 13.2 Å². The van der Waals surface area contributed by atoms with Gasteiger partial charge in [-0.2, -0.15) is 0 Å². The largest absolute Gasteiger partial charge is 0.382 e. The summed E-state index contributed by atoms with van der Waals surface area (Å²) in [6, 6.07) is 10.3. The van der Waals surface area contributed by atoms with Gasteiger partial charge in [-0.25, -0.2) is 13.2 Å². The zero-order valence-electron chi connectivity index (χ0n) is 10.8. The van der Waals surface area contributed by atoms with Crippen LogP contribution in [0.4, 0.5) is 18.9 Å². The summed E-state index contributed by atoms with van der Waals surface area (Å²) in [4.78, 5) is 0. The first-order chi connectivity index (χ1) is 9.65. The maximum Gasteiger partial charge on any atom is 0.194 e. The van der Waals surface area contributed by atoms with Crippen LogP contribution in [0.3, 0.4) is 0 Å². The average molecular weight is 277 g/mol. The fourth-order valence-electron chi connectivity index (χ4n) is 2.64. The first kappa shape index (κ1) is 13.0. The second-order valence-corrected chi connectivity index (χ2v) is 5.08. The number of aryl methyl sites for hydroxylation is 1. The lowest BCUT2D eigenvalue weighted by Crippen LogP contribution is -2.28. The second-order valence-electron chi connectivity index (χ2n) is 5.08. The Labute approximate surface area is 115 Å². The molecule has 3 rings (SSSR count). The molecule has 0 spiro atoms. The minimum Gasteiger partial charge on any atom is -0.382 e. The van der Waals surface area contributed by atoms with Crippen LogP contribution in [0, 0.1) is 17.5 Å². The monoisotopic (exact) mass is 277 g/mol. The molecule has 4 heteroatoms. The number of halogens is 3. The molecule has 1 aliphatic rings. The van der Waals surface area contributed by atoms with Crippen LogP contribution >= 0.6 is 0 Å². The highest BCUT2D eigenvalue weighted by Crippen LogP contribution is 2.27. The normalized spacial score (nSPS) is 17.4. The fraction of sp³-hybridized carbons (Fsp3) is 0.250. The summed E-state index contributed by atoms with van der Waals surface area (Å²) in [6.45, 7) is 0. The number of nitrogens with one attached hydrogen (secondary N) is 1. The molecule has 0 amide bonds. The van der Waals surface area contributed by atoms with Crippen molar-refractivity contribution in [2.24, 2.45) is 0 Å². The lowest BCUT2D eigenvalue weighted by atomic mass is 9.93. The van der Waals surface area contributed by atoms with E-state index in [2.05, 4.69) is 11.4 Å². The van der Waals surface area contributed by atoms with Gasteiger partial charge >= 0.3 is 0 Å². The van der Waals surface area contributed by atoms with Crippen molar-refractivity contribution in [2.45, 2.75) is 25.3 Å². The van der Waals surface area contributed by atoms with Gasteiger partial charge in [0.25, 0.3) is 0 Å². The number of para-hydroxylation sites is 1. The van der Waals surface area contributed by atoms with E-state index in [4.69, 9.17) is 0 Å². The smallest absolute Gasteiger partial charge is 0.194 e. The topological polar surface area (TPSA) is 12.0 Å². The zero-order chi connectivity index (χ0) is 14.1. The predicted molar refractivity (Wildman–Crippen MR) is 72.2 cm³/mol. The lowest BCUT2D eigenvalue weighted by Gasteiger charge is -2.27. The summed E-state index contributed by atoms with van der Waals surface area (Å²) in [5, 5.41) is 3.32. The molecule has 0 fully saturated rings. The second kappa shape index (κ2) is 5.19. The SMILES string of the molecule is Fc1ccc(CC2CCc3ccccc3N2)c(F)c1F. The molecule has 1 atom stereocenters. The molecule has 0 bridgehead atoms. The third-order valence-corrected chi connectivity index (χ3v) is 3.72. The van der Waals surface area contributed by atoms with Crippen molar-refractivity contribution >= 4 is 5.69 Å². The van der Waals surface area contributed by atoms with Crippen molar-refractivity contribution in [3.63, 3.8) is 0 Å². The summed E-state index contributed by atoms with van der Waals surface area (Å²) < 4.78 is 39.8. The van der Waals surface area contributed by atoms with Crippen LogP contribution in [-0.2, 0) is 12.8 Å². The molecule has 0 aromatic heterocycles. The van der Waals surface area contributed by atoms with Crippen molar-refractivity contribution in [3.05, 3.63) is 65.0 Å². The van der Waals surface area contributed by atoms with Crippen LogP contribution in [0.1, 0.15) is 17.5 Å². The van der Waals surface area contributed by atoms with Gasteiger partial charge in [0.15, 0.2) is 17.5 Å². The number of benzene rings is 2. The van der Waals surface area contributed by atoms with Gasteiger partial charge in [0, 0.05) is 11.7 Å². The van der Waals surface area contributed by atoms with Gasteiger partial charge in [-0.15, -0.1) is 0 Å². The van der Waals surface area contributed by atoms with Gasteiger partial charge in [0.1, 0.15) is 0 Å². The Hall–Kier alpha value is -1.97. The van der Waals surface area contributed by atoms with Crippen molar-refractivity contribution in [3.8, 4) is 0 Å². The van der Waals surface area contributed by atoms with E-state index in [0.717, 1.165) is 24.6 Å². The van der Waals surface area contributed by atoms with E-state index < -0.39 is 17.5 Å². The molecule has 1 aliphatic heterocycles. The van der Waals surface area contributed by atoms with Gasteiger partial charge in [0.05, 0.1) is 0 Å². The number of hydrogen-bond donors (Lipinski definition) is 1. The molecule has 1 nitrogen and oxygen atoms in total. The maximum absolute atomic E-state index is 13.7. The highest BCUT2D eigenvalue weighted by Gasteiger charge is 2.21. The molecule has 0 radical (unpaired) electrons. The Morgan fingerprint density at radius 3 is 2.65 bits per heavy atom. The molecule has 1 heterocycles. The van der Waals surface area contributed by atoms with Gasteiger partial charge in [-0.3, -0.25) is 0 Å². The molecule has 20 heavy (non-hydrogen) atoms. The van der Waals surface area contributed by atoms with E-state index in [-0.39, 0.29) is 11.6 Å². The van der Waals surface area contributed by atoms with E-state index in [1.165, 1.54) is 11.6 Å². The molecular formula is C16H14F3N. The minimum absolute atomic E-state index is 0.0317. The van der Waals surface area contributed by atoms with Crippen LogP contribution in [0.2, 0.25) is 0 Å². The van der Waals surface area contributed by atoms with Crippen LogP contribution in [-0.4, -0.2) is 6.04 Å². The molecule has 2 aromatic rings. The Balaban J connectivity index is 1.79. The number of hydrogen-bond acceptors (Lipinski definition) is 1. The number of fused-ring (bicyclic) bond motifs is 1. The minimum atomic E-state index is -1.39. The molecule has 0 saturated heterocycles. The summed E-state index contributed by atoms with van der Waals surface area (Å²) in [5.41, 5.74) is 2.47. The Morgan fingerprint density at radius 2 is 1.80 bits per heavy atom. The first-order valence-corrected chi connectivity index (χ1v) is 6.62. The van der Waals surface area contributed by atoms with Crippen LogP contribution in [0.15, 0.2) is 36.4 Å². The standard InChI is InChI=1S/C16H14F3N/c17-13-8-6-11(15(18)16(13)19)9-12-7-5-10-3-1-2-4-14(10)20-12/h1-4,6,8,12,20H,5,7,9H2. The van der Waals surface area contributed by atoms with Crippen LogP contribution in [0.5, 0.6) is 0 Å². The Kier molecular flexibility index (Phi) is 3.38. The average Bonchev–Trinajstić information content (AvgIpc) is 2.48. The van der Waals surface area contributed by atoms with Gasteiger partial charge in [0.2, 0.25) is 0 Å². The lowest BCUT2D eigenvalue weighted by molar-refractivity contribution is 0.438. The fourth-order valence-corrected chi connectivity index (χ4v) is 2.64. The van der Waals surface area contributed by atoms with Gasteiger partial charge < -0.3 is 5.32 Å². The van der Waals surface area contributed by atoms with Crippen LogP contribution < -0.4 is 5.32 Å². The summed E-state index contributed by atoms with van der Waals surface area (Å²) >= 11 is 0. The van der Waals surface area contributed by atoms with Crippen LogP contribution in [0.25, 0.3) is 0 Å². The third kappa shape index (κ3) is 2.38. The molecule has 2 aromatic carbocycles. The molecule has 1 unspecified atom stereocenters. The Morgan fingerprint density at radius 1 is 1.00 bits per heavy atom. The number of anilines is 1.